The van der Waals surface area contributed by atoms with E-state index in [-0.39, 0.29) is 5.78 Å². The molecular formula is C15H16O. The van der Waals surface area contributed by atoms with Gasteiger partial charge in [-0.3, -0.25) is 4.79 Å². The van der Waals surface area contributed by atoms with E-state index in [0.29, 0.717) is 6.42 Å². The third-order valence-corrected chi connectivity index (χ3v) is 2.92. The van der Waals surface area contributed by atoms with Gasteiger partial charge in [-0.15, -0.1) is 0 Å². The number of ketones is 1. The maximum absolute atomic E-state index is 11.2. The minimum Gasteiger partial charge on any atom is -0.300 e. The first-order valence-corrected chi connectivity index (χ1v) is 5.71. The Kier molecular flexibility index (Phi) is 3.04. The minimum absolute atomic E-state index is 0.217. The van der Waals surface area contributed by atoms with Crippen LogP contribution in [-0.2, 0) is 17.6 Å². The lowest BCUT2D eigenvalue weighted by Crippen LogP contribution is -1.98. The summed E-state index contributed by atoms with van der Waals surface area (Å²) in [7, 11) is 0. The van der Waals surface area contributed by atoms with Crippen molar-refractivity contribution in [3.8, 4) is 0 Å². The number of fused-ring (bicyclic) bond motifs is 1. The molecule has 0 saturated heterocycles. The molecule has 2 aromatic rings. The van der Waals surface area contributed by atoms with Crippen molar-refractivity contribution in [1.29, 1.82) is 0 Å². The number of aryl methyl sites for hydroxylation is 1. The highest BCUT2D eigenvalue weighted by molar-refractivity contribution is 5.92. The first-order chi connectivity index (χ1) is 7.72. The van der Waals surface area contributed by atoms with Gasteiger partial charge in [-0.05, 0) is 35.2 Å². The molecule has 0 aliphatic carbocycles. The highest BCUT2D eigenvalue weighted by atomic mass is 16.1. The summed E-state index contributed by atoms with van der Waals surface area (Å²) in [5.74, 6) is 0.217. The Morgan fingerprint density at radius 2 is 1.56 bits per heavy atom. The fraction of sp³-hybridized carbons (Fsp3) is 0.267. The van der Waals surface area contributed by atoms with Crippen LogP contribution >= 0.6 is 0 Å². The van der Waals surface area contributed by atoms with Crippen molar-refractivity contribution in [1.82, 2.24) is 0 Å². The Morgan fingerprint density at radius 3 is 2.12 bits per heavy atom. The summed E-state index contributed by atoms with van der Waals surface area (Å²) in [4.78, 5) is 11.2. The van der Waals surface area contributed by atoms with E-state index in [0.717, 1.165) is 12.0 Å². The number of carbonyl (C=O) groups excluding carboxylic acids is 1. The van der Waals surface area contributed by atoms with Crippen LogP contribution in [0, 0.1) is 0 Å². The molecule has 1 heteroatoms. The summed E-state index contributed by atoms with van der Waals surface area (Å²) in [6.45, 7) is 3.80. The van der Waals surface area contributed by atoms with E-state index in [2.05, 4.69) is 37.3 Å². The third kappa shape index (κ3) is 1.99. The summed E-state index contributed by atoms with van der Waals surface area (Å²) in [5.41, 5.74) is 2.49. The van der Waals surface area contributed by atoms with Crippen molar-refractivity contribution in [3.63, 3.8) is 0 Å². The number of hydrogen-bond acceptors (Lipinski definition) is 1. The van der Waals surface area contributed by atoms with Gasteiger partial charge in [-0.25, -0.2) is 0 Å². The molecule has 0 spiro atoms. The van der Waals surface area contributed by atoms with Gasteiger partial charge in [0.25, 0.3) is 0 Å². The molecule has 0 aromatic heterocycles. The Bertz CT molecular complexity index is 526. The predicted molar refractivity (Wildman–Crippen MR) is 67.7 cm³/mol. The number of hydrogen-bond donors (Lipinski definition) is 0. The first-order valence-electron chi connectivity index (χ1n) is 5.71. The van der Waals surface area contributed by atoms with Gasteiger partial charge in [0, 0.05) is 6.42 Å². The highest BCUT2D eigenvalue weighted by Gasteiger charge is 2.05. The van der Waals surface area contributed by atoms with Crippen LogP contribution in [-0.4, -0.2) is 5.78 Å². The molecule has 0 heterocycles. The van der Waals surface area contributed by atoms with Crippen molar-refractivity contribution in [3.05, 3.63) is 47.5 Å². The molecule has 0 saturated carbocycles. The van der Waals surface area contributed by atoms with Gasteiger partial charge in [0.15, 0.2) is 0 Å². The van der Waals surface area contributed by atoms with Gasteiger partial charge >= 0.3 is 0 Å². The smallest absolute Gasteiger partial charge is 0.134 e. The molecule has 0 aliphatic rings. The molecule has 0 N–H and O–H groups in total. The van der Waals surface area contributed by atoms with E-state index in [1.807, 2.05) is 6.07 Å². The molecule has 0 amide bonds. The molecular weight excluding hydrogens is 196 g/mol. The normalized spacial score (nSPS) is 10.6. The Hall–Kier alpha value is -1.63. The van der Waals surface area contributed by atoms with Crippen LogP contribution in [0.5, 0.6) is 0 Å². The molecule has 0 bridgehead atoms. The zero-order chi connectivity index (χ0) is 11.5. The van der Waals surface area contributed by atoms with E-state index in [1.54, 1.807) is 6.92 Å². The van der Waals surface area contributed by atoms with Crippen LogP contribution in [0.4, 0.5) is 0 Å². The van der Waals surface area contributed by atoms with Crippen molar-refractivity contribution in [2.75, 3.05) is 0 Å². The number of carbonyl (C=O) groups is 1. The molecule has 0 radical (unpaired) electrons. The number of benzene rings is 2. The standard InChI is InChI=1S/C15H16O/c1-3-12-8-9-13(10-11(2)16)15-7-5-4-6-14(12)15/h4-9H,3,10H2,1-2H3. The van der Waals surface area contributed by atoms with Gasteiger partial charge < -0.3 is 0 Å². The van der Waals surface area contributed by atoms with Crippen LogP contribution in [0.2, 0.25) is 0 Å². The maximum Gasteiger partial charge on any atom is 0.134 e. The SMILES string of the molecule is CCc1ccc(CC(C)=O)c2ccccc12. The summed E-state index contributed by atoms with van der Waals surface area (Å²) in [6, 6.07) is 12.6. The average molecular weight is 212 g/mol. The topological polar surface area (TPSA) is 17.1 Å². The Labute approximate surface area is 96.1 Å². The van der Waals surface area contributed by atoms with Crippen molar-refractivity contribution >= 4 is 16.6 Å². The molecule has 0 fully saturated rings. The van der Waals surface area contributed by atoms with Crippen LogP contribution < -0.4 is 0 Å². The monoisotopic (exact) mass is 212 g/mol. The molecule has 2 aromatic carbocycles. The quantitative estimate of drug-likeness (QED) is 0.760. The first kappa shape index (κ1) is 10.9. The Morgan fingerprint density at radius 1 is 1.00 bits per heavy atom. The zero-order valence-electron chi connectivity index (χ0n) is 9.79. The molecule has 16 heavy (non-hydrogen) atoms. The van der Waals surface area contributed by atoms with Crippen LogP contribution in [0.15, 0.2) is 36.4 Å². The second kappa shape index (κ2) is 4.48. The molecule has 2 rings (SSSR count). The van der Waals surface area contributed by atoms with Crippen LogP contribution in [0.25, 0.3) is 10.8 Å². The largest absolute Gasteiger partial charge is 0.300 e. The fourth-order valence-corrected chi connectivity index (χ4v) is 2.15. The number of Topliss-reactive ketones (excluding diaryl/α,β-unsaturated/α-hetero) is 1. The minimum atomic E-state index is 0.217. The van der Waals surface area contributed by atoms with E-state index in [4.69, 9.17) is 0 Å². The lowest BCUT2D eigenvalue weighted by molar-refractivity contribution is -0.116. The van der Waals surface area contributed by atoms with Crippen molar-refractivity contribution in [2.45, 2.75) is 26.7 Å². The van der Waals surface area contributed by atoms with E-state index in [9.17, 15) is 4.79 Å². The fourth-order valence-electron chi connectivity index (χ4n) is 2.15. The maximum atomic E-state index is 11.2. The van der Waals surface area contributed by atoms with Gasteiger partial charge in [-0.2, -0.15) is 0 Å². The molecule has 82 valence electrons. The van der Waals surface area contributed by atoms with Gasteiger partial charge in [0.1, 0.15) is 5.78 Å². The molecule has 0 atom stereocenters. The zero-order valence-corrected chi connectivity index (χ0v) is 9.79. The van der Waals surface area contributed by atoms with Gasteiger partial charge in [0.2, 0.25) is 0 Å². The molecule has 0 aliphatic heterocycles. The van der Waals surface area contributed by atoms with Gasteiger partial charge in [0.05, 0.1) is 0 Å². The molecule has 1 nitrogen and oxygen atoms in total. The van der Waals surface area contributed by atoms with Crippen molar-refractivity contribution < 1.29 is 4.79 Å². The molecule has 0 unspecified atom stereocenters. The third-order valence-electron chi connectivity index (χ3n) is 2.92. The van der Waals surface area contributed by atoms with Gasteiger partial charge in [-0.1, -0.05) is 43.3 Å². The summed E-state index contributed by atoms with van der Waals surface area (Å²) in [5, 5.41) is 2.50. The van der Waals surface area contributed by atoms with E-state index in [1.165, 1.54) is 16.3 Å². The Balaban J connectivity index is 2.64. The lowest BCUT2D eigenvalue weighted by Gasteiger charge is -2.08. The second-order valence-electron chi connectivity index (χ2n) is 4.16. The summed E-state index contributed by atoms with van der Waals surface area (Å²) >= 11 is 0. The summed E-state index contributed by atoms with van der Waals surface area (Å²) < 4.78 is 0. The van der Waals surface area contributed by atoms with Crippen molar-refractivity contribution in [2.24, 2.45) is 0 Å². The average Bonchev–Trinajstić information content (AvgIpc) is 2.29. The predicted octanol–water partition coefficient (Wildman–Crippen LogP) is 3.53. The van der Waals surface area contributed by atoms with E-state index < -0.39 is 0 Å². The second-order valence-corrected chi connectivity index (χ2v) is 4.16. The lowest BCUT2D eigenvalue weighted by atomic mass is 9.96. The van der Waals surface area contributed by atoms with Crippen LogP contribution in [0.1, 0.15) is 25.0 Å². The highest BCUT2D eigenvalue weighted by Crippen LogP contribution is 2.23. The summed E-state index contributed by atoms with van der Waals surface area (Å²) in [6.07, 6.45) is 1.56. The van der Waals surface area contributed by atoms with Crippen LogP contribution in [0.3, 0.4) is 0 Å². The van der Waals surface area contributed by atoms with E-state index >= 15 is 0 Å². The number of rotatable bonds is 3.